The van der Waals surface area contributed by atoms with Gasteiger partial charge in [-0.3, -0.25) is 14.5 Å². The van der Waals surface area contributed by atoms with Gasteiger partial charge >= 0.3 is 0 Å². The second-order valence-electron chi connectivity index (χ2n) is 7.75. The minimum Gasteiger partial charge on any atom is -0.335 e. The molecule has 7 nitrogen and oxygen atoms in total. The first kappa shape index (κ1) is 23.0. The van der Waals surface area contributed by atoms with Crippen molar-refractivity contribution in [3.8, 4) is 0 Å². The normalized spacial score (nSPS) is 17.0. The number of rotatable bonds is 7. The van der Waals surface area contributed by atoms with Crippen molar-refractivity contribution in [2.45, 2.75) is 19.4 Å². The quantitative estimate of drug-likeness (QED) is 0.708. The number of carbonyl (C=O) groups is 2. The highest BCUT2D eigenvalue weighted by molar-refractivity contribution is 7.91. The fourth-order valence-electron chi connectivity index (χ4n) is 3.77. The van der Waals surface area contributed by atoms with Crippen molar-refractivity contribution in [3.05, 3.63) is 65.7 Å². The molecule has 1 N–H and O–H groups in total. The van der Waals surface area contributed by atoms with E-state index in [1.54, 1.807) is 7.05 Å². The van der Waals surface area contributed by atoms with Crippen LogP contribution in [-0.2, 0) is 25.8 Å². The Kier molecular flexibility index (Phi) is 7.46. The molecule has 2 aromatic rings. The number of aryl methyl sites for hydroxylation is 1. The lowest BCUT2D eigenvalue weighted by Crippen LogP contribution is -2.49. The fraction of sp³-hybridized carbons (Fsp3) is 0.391. The Balaban J connectivity index is 1.73. The summed E-state index contributed by atoms with van der Waals surface area (Å²) in [5.41, 5.74) is 2.56. The third-order valence-corrected chi connectivity index (χ3v) is 7.13. The van der Waals surface area contributed by atoms with Crippen LogP contribution in [0, 0.1) is 0 Å². The van der Waals surface area contributed by atoms with Crippen LogP contribution in [0.25, 0.3) is 0 Å². The monoisotopic (exact) mass is 443 g/mol. The van der Waals surface area contributed by atoms with Gasteiger partial charge < -0.3 is 10.2 Å². The molecule has 0 bridgehead atoms. The van der Waals surface area contributed by atoms with E-state index in [4.69, 9.17) is 0 Å². The number of carbonyl (C=O) groups excluding carboxylic acids is 2. The smallest absolute Gasteiger partial charge is 0.244 e. The van der Waals surface area contributed by atoms with Crippen molar-refractivity contribution >= 4 is 27.3 Å². The predicted molar refractivity (Wildman–Crippen MR) is 121 cm³/mol. The first-order valence-electron chi connectivity index (χ1n) is 10.4. The fourth-order valence-corrected chi connectivity index (χ4v) is 5.00. The van der Waals surface area contributed by atoms with Gasteiger partial charge in [0.2, 0.25) is 11.8 Å². The number of sulfone groups is 1. The zero-order valence-electron chi connectivity index (χ0n) is 18.0. The average Bonchev–Trinajstić information content (AvgIpc) is 2.76. The van der Waals surface area contributed by atoms with Crippen molar-refractivity contribution in [1.29, 1.82) is 0 Å². The molecule has 166 valence electrons. The second kappa shape index (κ2) is 10.1. The first-order valence-corrected chi connectivity index (χ1v) is 12.2. The number of hydrogen-bond acceptors (Lipinski definition) is 5. The Hall–Kier alpha value is -2.71. The molecule has 0 aromatic heterocycles. The molecule has 3 rings (SSSR count). The molecule has 2 aromatic carbocycles. The van der Waals surface area contributed by atoms with E-state index in [1.165, 1.54) is 4.90 Å². The number of nitrogens with one attached hydrogen (secondary N) is 1. The zero-order chi connectivity index (χ0) is 22.4. The number of para-hydroxylation sites is 1. The molecule has 1 heterocycles. The Morgan fingerprint density at radius 3 is 2.29 bits per heavy atom. The summed E-state index contributed by atoms with van der Waals surface area (Å²) in [7, 11) is -1.47. The van der Waals surface area contributed by atoms with Crippen molar-refractivity contribution in [2.75, 3.05) is 43.5 Å². The van der Waals surface area contributed by atoms with E-state index in [0.29, 0.717) is 0 Å². The number of anilines is 1. The van der Waals surface area contributed by atoms with Crippen LogP contribution in [0.5, 0.6) is 0 Å². The number of amides is 2. The zero-order valence-corrected chi connectivity index (χ0v) is 18.8. The molecule has 0 saturated carbocycles. The van der Waals surface area contributed by atoms with Gasteiger partial charge in [0, 0.05) is 25.8 Å². The molecule has 1 atom stereocenters. The molecular formula is C23H29N3O4S. The van der Waals surface area contributed by atoms with Crippen LogP contribution in [0.2, 0.25) is 0 Å². The summed E-state index contributed by atoms with van der Waals surface area (Å²) in [5.74, 6) is -0.447. The Morgan fingerprint density at radius 2 is 1.65 bits per heavy atom. The van der Waals surface area contributed by atoms with E-state index >= 15 is 0 Å². The minimum atomic E-state index is -3.07. The highest BCUT2D eigenvalue weighted by Crippen LogP contribution is 2.25. The molecule has 1 aliphatic heterocycles. The Morgan fingerprint density at radius 1 is 1.03 bits per heavy atom. The van der Waals surface area contributed by atoms with Crippen LogP contribution < -0.4 is 5.32 Å². The van der Waals surface area contributed by atoms with E-state index in [1.807, 2.05) is 66.4 Å². The van der Waals surface area contributed by atoms with Crippen LogP contribution in [0.3, 0.4) is 0 Å². The van der Waals surface area contributed by atoms with E-state index in [9.17, 15) is 18.0 Å². The molecule has 0 radical (unpaired) electrons. The SMILES string of the molecule is CCc1ccccc1NC(=O)CN(C)C(=O)C(c1ccccc1)N1CCS(=O)(=O)CC1. The summed E-state index contributed by atoms with van der Waals surface area (Å²) in [4.78, 5) is 29.3. The van der Waals surface area contributed by atoms with Crippen molar-refractivity contribution in [3.63, 3.8) is 0 Å². The molecule has 1 fully saturated rings. The highest BCUT2D eigenvalue weighted by Gasteiger charge is 2.34. The number of likely N-dealkylation sites (N-methyl/N-ethyl adjacent to an activating group) is 1. The molecular weight excluding hydrogens is 414 g/mol. The van der Waals surface area contributed by atoms with Crippen molar-refractivity contribution < 1.29 is 18.0 Å². The summed E-state index contributed by atoms with van der Waals surface area (Å²) in [6.07, 6.45) is 0.791. The maximum Gasteiger partial charge on any atom is 0.244 e. The van der Waals surface area contributed by atoms with E-state index < -0.39 is 15.9 Å². The van der Waals surface area contributed by atoms with Gasteiger partial charge in [-0.2, -0.15) is 0 Å². The van der Waals surface area contributed by atoms with Gasteiger partial charge in [0.25, 0.3) is 0 Å². The Labute approximate surface area is 184 Å². The number of hydrogen-bond donors (Lipinski definition) is 1. The third-order valence-electron chi connectivity index (χ3n) is 5.52. The average molecular weight is 444 g/mol. The van der Waals surface area contributed by atoms with Crippen molar-refractivity contribution in [1.82, 2.24) is 9.80 Å². The maximum absolute atomic E-state index is 13.4. The molecule has 0 spiro atoms. The third kappa shape index (κ3) is 5.92. The maximum atomic E-state index is 13.4. The van der Waals surface area contributed by atoms with Crippen LogP contribution in [0.1, 0.15) is 24.1 Å². The van der Waals surface area contributed by atoms with Crippen LogP contribution in [0.15, 0.2) is 54.6 Å². The molecule has 2 amide bonds. The van der Waals surface area contributed by atoms with Gasteiger partial charge in [0.1, 0.15) is 6.04 Å². The van der Waals surface area contributed by atoms with Gasteiger partial charge in [-0.25, -0.2) is 8.42 Å². The second-order valence-corrected chi connectivity index (χ2v) is 10.1. The largest absolute Gasteiger partial charge is 0.335 e. The topological polar surface area (TPSA) is 86.8 Å². The summed E-state index contributed by atoms with van der Waals surface area (Å²) >= 11 is 0. The molecule has 0 aliphatic carbocycles. The highest BCUT2D eigenvalue weighted by atomic mass is 32.2. The van der Waals surface area contributed by atoms with E-state index in [-0.39, 0.29) is 43.0 Å². The van der Waals surface area contributed by atoms with E-state index in [0.717, 1.165) is 23.2 Å². The van der Waals surface area contributed by atoms with Crippen LogP contribution in [-0.4, -0.2) is 68.2 Å². The first-order chi connectivity index (χ1) is 14.8. The number of benzene rings is 2. The summed E-state index contributed by atoms with van der Waals surface area (Å²) < 4.78 is 23.7. The van der Waals surface area contributed by atoms with Gasteiger partial charge in [-0.05, 0) is 23.6 Å². The van der Waals surface area contributed by atoms with Gasteiger partial charge in [-0.1, -0.05) is 55.5 Å². The van der Waals surface area contributed by atoms with Crippen molar-refractivity contribution in [2.24, 2.45) is 0 Å². The van der Waals surface area contributed by atoms with Gasteiger partial charge in [0.05, 0.1) is 18.1 Å². The summed E-state index contributed by atoms with van der Waals surface area (Å²) in [6.45, 7) is 2.51. The Bertz CT molecular complexity index is 1010. The van der Waals surface area contributed by atoms with Crippen LogP contribution in [0.4, 0.5) is 5.69 Å². The predicted octanol–water partition coefficient (Wildman–Crippen LogP) is 2.12. The lowest BCUT2D eigenvalue weighted by molar-refractivity contribution is -0.138. The molecule has 1 saturated heterocycles. The van der Waals surface area contributed by atoms with Crippen LogP contribution >= 0.6 is 0 Å². The molecule has 8 heteroatoms. The molecule has 1 aliphatic rings. The lowest BCUT2D eigenvalue weighted by Gasteiger charge is -2.35. The summed E-state index contributed by atoms with van der Waals surface area (Å²) in [5, 5.41) is 2.89. The van der Waals surface area contributed by atoms with Gasteiger partial charge in [-0.15, -0.1) is 0 Å². The minimum absolute atomic E-state index is 0.0294. The standard InChI is InChI=1S/C23H29N3O4S/c1-3-18-9-7-8-12-20(18)24-21(27)17-25(2)23(28)22(19-10-5-4-6-11-19)26-13-15-31(29,30)16-14-26/h4-12,22H,3,13-17H2,1-2H3,(H,24,27). The molecule has 31 heavy (non-hydrogen) atoms. The van der Waals surface area contributed by atoms with Gasteiger partial charge in [0.15, 0.2) is 9.84 Å². The molecule has 1 unspecified atom stereocenters. The number of nitrogens with zero attached hydrogens (tertiary/aromatic N) is 2. The van der Waals surface area contributed by atoms with E-state index in [2.05, 4.69) is 5.32 Å². The summed E-state index contributed by atoms with van der Waals surface area (Å²) in [6, 6.07) is 16.3. The lowest BCUT2D eigenvalue weighted by atomic mass is 10.0.